The molecule has 1 aromatic carbocycles. The Labute approximate surface area is 119 Å². The Kier molecular flexibility index (Phi) is 4.97. The summed E-state index contributed by atoms with van der Waals surface area (Å²) >= 11 is 0. The van der Waals surface area contributed by atoms with Gasteiger partial charge in [0, 0.05) is 18.9 Å². The normalized spacial score (nSPS) is 20.6. The van der Waals surface area contributed by atoms with E-state index in [0.29, 0.717) is 18.8 Å². The number of likely N-dealkylation sites (N-methyl/N-ethyl adjacent to an activating group) is 1. The fourth-order valence-corrected chi connectivity index (χ4v) is 3.02. The van der Waals surface area contributed by atoms with Crippen molar-refractivity contribution in [1.29, 1.82) is 0 Å². The lowest BCUT2D eigenvalue weighted by Gasteiger charge is -2.33. The summed E-state index contributed by atoms with van der Waals surface area (Å²) in [5.74, 6) is -1.29. The molecule has 1 aliphatic rings. The molecule has 1 aliphatic carbocycles. The van der Waals surface area contributed by atoms with Gasteiger partial charge in [-0.25, -0.2) is 8.78 Å². The molecule has 112 valence electrons. The van der Waals surface area contributed by atoms with Gasteiger partial charge in [-0.2, -0.15) is 0 Å². The number of hydrogen-bond donors (Lipinski definition) is 1. The molecule has 0 saturated heterocycles. The lowest BCUT2D eigenvalue weighted by molar-refractivity contribution is -0.0492. The summed E-state index contributed by atoms with van der Waals surface area (Å²) in [6.45, 7) is 0. The van der Waals surface area contributed by atoms with E-state index in [1.54, 1.807) is 7.11 Å². The van der Waals surface area contributed by atoms with E-state index in [0.717, 1.165) is 12.2 Å². The molecule has 0 bridgehead atoms. The standard InChI is InChI=1S/C16H23F2NO/c1-19-15(13-6-8-16(17,18)9-7-13)11-12-4-3-5-14(10-12)20-2/h3-5,10,13,15,19H,6-9,11H2,1-2H3. The van der Waals surface area contributed by atoms with Gasteiger partial charge in [0.15, 0.2) is 0 Å². The molecule has 0 spiro atoms. The number of ether oxygens (including phenoxy) is 1. The summed E-state index contributed by atoms with van der Waals surface area (Å²) in [7, 11) is 3.56. The lowest BCUT2D eigenvalue weighted by Crippen LogP contribution is -2.39. The number of benzene rings is 1. The van der Waals surface area contributed by atoms with Crippen molar-refractivity contribution in [3.05, 3.63) is 29.8 Å². The van der Waals surface area contributed by atoms with Crippen LogP contribution in [0.15, 0.2) is 24.3 Å². The van der Waals surface area contributed by atoms with E-state index < -0.39 is 5.92 Å². The van der Waals surface area contributed by atoms with Crippen molar-refractivity contribution >= 4 is 0 Å². The highest BCUT2D eigenvalue weighted by Crippen LogP contribution is 2.38. The van der Waals surface area contributed by atoms with Gasteiger partial charge in [0.05, 0.1) is 7.11 Å². The maximum absolute atomic E-state index is 13.2. The average Bonchev–Trinajstić information content (AvgIpc) is 2.45. The van der Waals surface area contributed by atoms with E-state index in [2.05, 4.69) is 11.4 Å². The first-order valence-corrected chi connectivity index (χ1v) is 7.22. The zero-order valence-corrected chi connectivity index (χ0v) is 12.2. The Balaban J connectivity index is 1.98. The first-order chi connectivity index (χ1) is 9.54. The Morgan fingerprint density at radius 1 is 1.35 bits per heavy atom. The highest BCUT2D eigenvalue weighted by Gasteiger charge is 2.37. The van der Waals surface area contributed by atoms with E-state index in [1.807, 2.05) is 25.2 Å². The van der Waals surface area contributed by atoms with Crippen molar-refractivity contribution in [2.24, 2.45) is 5.92 Å². The van der Waals surface area contributed by atoms with Crippen LogP contribution in [0.1, 0.15) is 31.2 Å². The first kappa shape index (κ1) is 15.2. The summed E-state index contributed by atoms with van der Waals surface area (Å²) in [5.41, 5.74) is 1.18. The summed E-state index contributed by atoms with van der Waals surface area (Å²) in [6, 6.07) is 8.21. The van der Waals surface area contributed by atoms with Crippen LogP contribution in [0.2, 0.25) is 0 Å². The largest absolute Gasteiger partial charge is 0.497 e. The molecule has 2 nitrogen and oxygen atoms in total. The van der Waals surface area contributed by atoms with Crippen LogP contribution in [0.4, 0.5) is 8.78 Å². The zero-order valence-electron chi connectivity index (χ0n) is 12.2. The quantitative estimate of drug-likeness (QED) is 0.890. The molecular formula is C16H23F2NO. The van der Waals surface area contributed by atoms with Crippen LogP contribution in [0.25, 0.3) is 0 Å². The van der Waals surface area contributed by atoms with Gasteiger partial charge in [0.1, 0.15) is 5.75 Å². The Hall–Kier alpha value is -1.16. The van der Waals surface area contributed by atoms with Crippen LogP contribution in [0.5, 0.6) is 5.75 Å². The van der Waals surface area contributed by atoms with Crippen LogP contribution in [0.3, 0.4) is 0 Å². The molecule has 1 atom stereocenters. The van der Waals surface area contributed by atoms with Gasteiger partial charge >= 0.3 is 0 Å². The molecule has 2 rings (SSSR count). The number of halogens is 2. The smallest absolute Gasteiger partial charge is 0.248 e. The van der Waals surface area contributed by atoms with Crippen LogP contribution in [0, 0.1) is 5.92 Å². The van der Waals surface area contributed by atoms with Gasteiger partial charge in [-0.3, -0.25) is 0 Å². The molecule has 1 unspecified atom stereocenters. The fourth-order valence-electron chi connectivity index (χ4n) is 3.02. The summed E-state index contributed by atoms with van der Waals surface area (Å²) < 4.78 is 31.7. The third-order valence-corrected chi connectivity index (χ3v) is 4.29. The molecule has 1 N–H and O–H groups in total. The lowest BCUT2D eigenvalue weighted by atomic mass is 9.80. The van der Waals surface area contributed by atoms with Crippen molar-refractivity contribution in [1.82, 2.24) is 5.32 Å². The number of rotatable bonds is 5. The van der Waals surface area contributed by atoms with E-state index in [-0.39, 0.29) is 18.9 Å². The van der Waals surface area contributed by atoms with E-state index >= 15 is 0 Å². The highest BCUT2D eigenvalue weighted by molar-refractivity contribution is 5.29. The molecule has 0 aliphatic heterocycles. The van der Waals surface area contributed by atoms with Crippen molar-refractivity contribution in [2.45, 2.75) is 44.1 Å². The predicted octanol–water partition coefficient (Wildman–Crippen LogP) is 3.65. The number of hydrogen-bond acceptors (Lipinski definition) is 2. The topological polar surface area (TPSA) is 21.3 Å². The molecule has 0 heterocycles. The molecule has 1 fully saturated rings. The van der Waals surface area contributed by atoms with E-state index in [4.69, 9.17) is 4.74 Å². The summed E-state index contributed by atoms with van der Waals surface area (Å²) in [6.07, 6.45) is 2.09. The van der Waals surface area contributed by atoms with Gasteiger partial charge in [-0.15, -0.1) is 0 Å². The second-order valence-electron chi connectivity index (χ2n) is 5.64. The molecule has 1 aromatic rings. The van der Waals surface area contributed by atoms with Crippen LogP contribution >= 0.6 is 0 Å². The fraction of sp³-hybridized carbons (Fsp3) is 0.625. The minimum Gasteiger partial charge on any atom is -0.497 e. The number of nitrogens with one attached hydrogen (secondary N) is 1. The zero-order chi connectivity index (χ0) is 14.6. The molecule has 0 aromatic heterocycles. The Morgan fingerprint density at radius 2 is 2.05 bits per heavy atom. The minimum atomic E-state index is -2.45. The van der Waals surface area contributed by atoms with Crippen LogP contribution in [-0.4, -0.2) is 26.1 Å². The van der Waals surface area contributed by atoms with Crippen molar-refractivity contribution in [2.75, 3.05) is 14.2 Å². The van der Waals surface area contributed by atoms with Crippen molar-refractivity contribution in [3.63, 3.8) is 0 Å². The molecule has 20 heavy (non-hydrogen) atoms. The number of alkyl halides is 2. The summed E-state index contributed by atoms with van der Waals surface area (Å²) in [4.78, 5) is 0. The van der Waals surface area contributed by atoms with Gasteiger partial charge < -0.3 is 10.1 Å². The monoisotopic (exact) mass is 283 g/mol. The average molecular weight is 283 g/mol. The first-order valence-electron chi connectivity index (χ1n) is 7.22. The Morgan fingerprint density at radius 3 is 2.65 bits per heavy atom. The van der Waals surface area contributed by atoms with E-state index in [9.17, 15) is 8.78 Å². The predicted molar refractivity (Wildman–Crippen MR) is 76.5 cm³/mol. The molecular weight excluding hydrogens is 260 g/mol. The van der Waals surface area contributed by atoms with Crippen LogP contribution in [-0.2, 0) is 6.42 Å². The number of methoxy groups -OCH3 is 1. The van der Waals surface area contributed by atoms with Gasteiger partial charge in [-0.1, -0.05) is 12.1 Å². The molecule has 4 heteroatoms. The molecule has 0 amide bonds. The van der Waals surface area contributed by atoms with E-state index in [1.165, 1.54) is 5.56 Å². The van der Waals surface area contributed by atoms with Gasteiger partial charge in [0.25, 0.3) is 0 Å². The van der Waals surface area contributed by atoms with Gasteiger partial charge in [0.2, 0.25) is 5.92 Å². The SMILES string of the molecule is CNC(Cc1cccc(OC)c1)C1CCC(F)(F)CC1. The molecule has 0 radical (unpaired) electrons. The maximum atomic E-state index is 13.2. The third kappa shape index (κ3) is 3.92. The minimum absolute atomic E-state index is 0.0218. The highest BCUT2D eigenvalue weighted by atomic mass is 19.3. The van der Waals surface area contributed by atoms with Crippen molar-refractivity contribution in [3.8, 4) is 5.75 Å². The molecule has 1 saturated carbocycles. The van der Waals surface area contributed by atoms with Crippen LogP contribution < -0.4 is 10.1 Å². The summed E-state index contributed by atoms with van der Waals surface area (Å²) in [5, 5.41) is 3.30. The second kappa shape index (κ2) is 6.53. The van der Waals surface area contributed by atoms with Crippen molar-refractivity contribution < 1.29 is 13.5 Å². The second-order valence-corrected chi connectivity index (χ2v) is 5.64. The van der Waals surface area contributed by atoms with Gasteiger partial charge in [-0.05, 0) is 49.9 Å². The Bertz CT molecular complexity index is 426. The third-order valence-electron chi connectivity index (χ3n) is 4.29. The maximum Gasteiger partial charge on any atom is 0.248 e.